The Morgan fingerprint density at radius 1 is 1.11 bits per heavy atom. The van der Waals surface area contributed by atoms with Crippen LogP contribution >= 0.6 is 0 Å². The van der Waals surface area contributed by atoms with Crippen LogP contribution in [0.25, 0.3) is 0 Å². The van der Waals surface area contributed by atoms with Gasteiger partial charge in [-0.05, 0) is 45.3 Å². The maximum absolute atomic E-state index is 5.40. The Balaban J connectivity index is 1.58. The minimum atomic E-state index is 0.489. The second kappa shape index (κ2) is 5.80. The predicted molar refractivity (Wildman–Crippen MR) is 68.5 cm³/mol. The summed E-state index contributed by atoms with van der Waals surface area (Å²) >= 11 is 0. The van der Waals surface area contributed by atoms with Gasteiger partial charge in [-0.25, -0.2) is 0 Å². The van der Waals surface area contributed by atoms with Gasteiger partial charge in [-0.3, -0.25) is 0 Å². The highest BCUT2D eigenvalue weighted by Gasteiger charge is 2.22. The summed E-state index contributed by atoms with van der Waals surface area (Å²) in [4.78, 5) is 4.58. The summed E-state index contributed by atoms with van der Waals surface area (Å²) in [6.45, 7) is 3.26. The lowest BCUT2D eigenvalue weighted by molar-refractivity contribution is 0.326. The van der Waals surface area contributed by atoms with E-state index in [1.807, 2.05) is 0 Å². The first kappa shape index (κ1) is 12.1. The zero-order chi connectivity index (χ0) is 12.2. The van der Waals surface area contributed by atoms with Crippen LogP contribution in [0.1, 0.15) is 49.7 Å². The summed E-state index contributed by atoms with van der Waals surface area (Å²) in [5.74, 6) is 2.22. The Morgan fingerprint density at radius 2 is 2.00 bits per heavy atom. The number of nitrogens with zero attached hydrogens (tertiary/aromatic N) is 2. The van der Waals surface area contributed by atoms with Gasteiger partial charge in [-0.1, -0.05) is 11.6 Å². The highest BCUT2D eigenvalue weighted by atomic mass is 16.5. The zero-order valence-corrected chi connectivity index (χ0v) is 10.8. The van der Waals surface area contributed by atoms with E-state index in [0.717, 1.165) is 50.6 Å². The van der Waals surface area contributed by atoms with Gasteiger partial charge in [0.15, 0.2) is 5.82 Å². The Morgan fingerprint density at radius 3 is 2.78 bits per heavy atom. The van der Waals surface area contributed by atoms with Crippen molar-refractivity contribution in [1.82, 2.24) is 20.8 Å². The molecule has 2 fully saturated rings. The summed E-state index contributed by atoms with van der Waals surface area (Å²) in [5.41, 5.74) is 0. The molecule has 100 valence electrons. The van der Waals surface area contributed by atoms with E-state index in [1.165, 1.54) is 19.3 Å². The van der Waals surface area contributed by atoms with Crippen molar-refractivity contribution < 1.29 is 4.52 Å². The third-order valence-electron chi connectivity index (χ3n) is 4.02. The molecular weight excluding hydrogens is 228 g/mol. The second-order valence-electron chi connectivity index (χ2n) is 5.42. The Bertz CT molecular complexity index is 367. The molecule has 0 amide bonds. The van der Waals surface area contributed by atoms with Crippen LogP contribution in [0.4, 0.5) is 0 Å². The number of hydrogen-bond acceptors (Lipinski definition) is 5. The van der Waals surface area contributed by atoms with Crippen LogP contribution in [0, 0.1) is 0 Å². The number of hydrogen-bond donors (Lipinski definition) is 2. The molecule has 3 heterocycles. The van der Waals surface area contributed by atoms with Crippen molar-refractivity contribution in [2.75, 3.05) is 19.6 Å². The summed E-state index contributed by atoms with van der Waals surface area (Å²) in [6, 6.07) is 0.528. The Hall–Kier alpha value is -0.940. The number of rotatable bonds is 3. The summed E-state index contributed by atoms with van der Waals surface area (Å²) in [6.07, 6.45) is 6.97. The molecule has 0 saturated carbocycles. The summed E-state index contributed by atoms with van der Waals surface area (Å²) in [5, 5.41) is 11.0. The van der Waals surface area contributed by atoms with Crippen molar-refractivity contribution in [3.05, 3.63) is 11.7 Å². The molecule has 1 atom stereocenters. The molecule has 0 aliphatic carbocycles. The lowest BCUT2D eigenvalue weighted by Crippen LogP contribution is -2.35. The lowest BCUT2D eigenvalue weighted by Gasteiger charge is -2.21. The average Bonchev–Trinajstić information content (AvgIpc) is 2.89. The van der Waals surface area contributed by atoms with E-state index in [-0.39, 0.29) is 0 Å². The Kier molecular flexibility index (Phi) is 3.90. The van der Waals surface area contributed by atoms with Crippen LogP contribution in [0.2, 0.25) is 0 Å². The van der Waals surface area contributed by atoms with E-state index in [0.29, 0.717) is 12.0 Å². The molecule has 0 aromatic carbocycles. The maximum Gasteiger partial charge on any atom is 0.228 e. The molecule has 2 aliphatic heterocycles. The van der Waals surface area contributed by atoms with Crippen molar-refractivity contribution in [1.29, 1.82) is 0 Å². The summed E-state index contributed by atoms with van der Waals surface area (Å²) in [7, 11) is 0. The normalized spacial score (nSPS) is 26.3. The van der Waals surface area contributed by atoms with E-state index in [2.05, 4.69) is 20.8 Å². The van der Waals surface area contributed by atoms with Crippen molar-refractivity contribution in [2.45, 2.75) is 50.5 Å². The zero-order valence-electron chi connectivity index (χ0n) is 10.8. The maximum atomic E-state index is 5.40. The van der Waals surface area contributed by atoms with Crippen molar-refractivity contribution in [3.63, 3.8) is 0 Å². The van der Waals surface area contributed by atoms with Gasteiger partial charge in [-0.2, -0.15) is 4.98 Å². The van der Waals surface area contributed by atoms with E-state index < -0.39 is 0 Å². The molecule has 0 bridgehead atoms. The molecule has 3 rings (SSSR count). The fraction of sp³-hybridized carbons (Fsp3) is 0.846. The topological polar surface area (TPSA) is 63.0 Å². The van der Waals surface area contributed by atoms with Gasteiger partial charge in [0.1, 0.15) is 0 Å². The first-order chi connectivity index (χ1) is 8.92. The van der Waals surface area contributed by atoms with Crippen LogP contribution in [0.3, 0.4) is 0 Å². The van der Waals surface area contributed by atoms with Gasteiger partial charge < -0.3 is 15.2 Å². The average molecular weight is 250 g/mol. The molecule has 1 unspecified atom stereocenters. The smallest absolute Gasteiger partial charge is 0.228 e. The van der Waals surface area contributed by atoms with Crippen LogP contribution in [0.15, 0.2) is 4.52 Å². The lowest BCUT2D eigenvalue weighted by atomic mass is 9.97. The third-order valence-corrected chi connectivity index (χ3v) is 4.02. The molecule has 2 N–H and O–H groups in total. The molecule has 5 heteroatoms. The third kappa shape index (κ3) is 2.90. The molecule has 18 heavy (non-hydrogen) atoms. The van der Waals surface area contributed by atoms with Crippen LogP contribution in [0.5, 0.6) is 0 Å². The summed E-state index contributed by atoms with van der Waals surface area (Å²) < 4.78 is 5.40. The van der Waals surface area contributed by atoms with E-state index >= 15 is 0 Å². The molecule has 0 radical (unpaired) electrons. The van der Waals surface area contributed by atoms with Gasteiger partial charge in [0.05, 0.1) is 0 Å². The largest absolute Gasteiger partial charge is 0.339 e. The monoisotopic (exact) mass is 250 g/mol. The number of piperidine rings is 2. The van der Waals surface area contributed by atoms with Gasteiger partial charge in [0.2, 0.25) is 5.89 Å². The molecule has 1 aromatic heterocycles. The van der Waals surface area contributed by atoms with Crippen LogP contribution < -0.4 is 10.6 Å². The quantitative estimate of drug-likeness (QED) is 0.844. The second-order valence-corrected chi connectivity index (χ2v) is 5.42. The van der Waals surface area contributed by atoms with Crippen molar-refractivity contribution >= 4 is 0 Å². The Labute approximate surface area is 108 Å². The van der Waals surface area contributed by atoms with Gasteiger partial charge >= 0.3 is 0 Å². The van der Waals surface area contributed by atoms with E-state index in [1.54, 1.807) is 0 Å². The number of nitrogens with one attached hydrogen (secondary N) is 2. The van der Waals surface area contributed by atoms with E-state index in [4.69, 9.17) is 4.52 Å². The first-order valence-corrected chi connectivity index (χ1v) is 7.18. The predicted octanol–water partition coefficient (Wildman–Crippen LogP) is 1.22. The molecular formula is C13H22N4O. The van der Waals surface area contributed by atoms with E-state index in [9.17, 15) is 0 Å². The van der Waals surface area contributed by atoms with Gasteiger partial charge in [-0.15, -0.1) is 0 Å². The van der Waals surface area contributed by atoms with Gasteiger partial charge in [0.25, 0.3) is 0 Å². The van der Waals surface area contributed by atoms with Crippen LogP contribution in [-0.4, -0.2) is 35.8 Å². The molecule has 2 aliphatic rings. The fourth-order valence-electron chi connectivity index (χ4n) is 2.91. The molecule has 0 spiro atoms. The van der Waals surface area contributed by atoms with Crippen molar-refractivity contribution in [2.24, 2.45) is 0 Å². The van der Waals surface area contributed by atoms with Gasteiger partial charge in [0, 0.05) is 18.4 Å². The highest BCUT2D eigenvalue weighted by Crippen LogP contribution is 2.23. The standard InChI is InChI=1S/C13H22N4O/c1-2-6-15-11(3-1)9-12-16-13(17-18-12)10-4-7-14-8-5-10/h10-11,14-15H,1-9H2. The molecule has 5 nitrogen and oxygen atoms in total. The van der Waals surface area contributed by atoms with Crippen molar-refractivity contribution in [3.8, 4) is 0 Å². The minimum Gasteiger partial charge on any atom is -0.339 e. The first-order valence-electron chi connectivity index (χ1n) is 7.18. The SMILES string of the molecule is C1CCC(Cc2nc(C3CCNCC3)no2)NC1. The minimum absolute atomic E-state index is 0.489. The number of aromatic nitrogens is 2. The van der Waals surface area contributed by atoms with Crippen LogP contribution in [-0.2, 0) is 6.42 Å². The fourth-order valence-corrected chi connectivity index (χ4v) is 2.91. The highest BCUT2D eigenvalue weighted by molar-refractivity contribution is 4.98. The molecule has 2 saturated heterocycles. The molecule has 1 aromatic rings.